The second kappa shape index (κ2) is 7.40. The number of hydrogen-bond acceptors (Lipinski definition) is 2. The number of benzene rings is 2. The summed E-state index contributed by atoms with van der Waals surface area (Å²) < 4.78 is 6.48. The molecule has 0 heterocycles. The minimum absolute atomic E-state index is 0.240. The highest BCUT2D eigenvalue weighted by molar-refractivity contribution is 5.40. The number of nitrogens with two attached hydrogens (primary N) is 1. The number of hydrogen-bond donors (Lipinski definition) is 1. The topological polar surface area (TPSA) is 35.2 Å². The van der Waals surface area contributed by atoms with E-state index in [4.69, 9.17) is 10.5 Å². The molecule has 2 aromatic rings. The molecule has 0 fully saturated rings. The Morgan fingerprint density at radius 3 is 2.00 bits per heavy atom. The van der Waals surface area contributed by atoms with Crippen LogP contribution >= 0.6 is 0 Å². The van der Waals surface area contributed by atoms with Crippen molar-refractivity contribution in [2.24, 2.45) is 11.7 Å². The van der Waals surface area contributed by atoms with Crippen LogP contribution in [0.15, 0.2) is 85.0 Å². The fraction of sp³-hybridized carbons (Fsp3) is 0.238. The molecule has 1 unspecified atom stereocenters. The molecule has 0 saturated heterocycles. The largest absolute Gasteiger partial charge is 0.364 e. The van der Waals surface area contributed by atoms with Gasteiger partial charge in [0.15, 0.2) is 0 Å². The lowest BCUT2D eigenvalue weighted by Crippen LogP contribution is -2.40. The maximum atomic E-state index is 6.48. The zero-order valence-electron chi connectivity index (χ0n) is 13.3. The zero-order valence-corrected chi connectivity index (χ0v) is 13.3. The lowest BCUT2D eigenvalue weighted by molar-refractivity contribution is -0.0448. The van der Waals surface area contributed by atoms with Gasteiger partial charge in [0.2, 0.25) is 0 Å². The van der Waals surface area contributed by atoms with Crippen LogP contribution in [0.4, 0.5) is 0 Å². The van der Waals surface area contributed by atoms with E-state index in [1.807, 2.05) is 12.1 Å². The molecule has 3 rings (SSSR count). The lowest BCUT2D eigenvalue weighted by atomic mass is 9.73. The van der Waals surface area contributed by atoms with Crippen molar-refractivity contribution in [2.45, 2.75) is 12.0 Å². The van der Waals surface area contributed by atoms with Gasteiger partial charge in [0.25, 0.3) is 0 Å². The molecule has 0 saturated carbocycles. The molecule has 2 N–H and O–H groups in total. The standard InChI is InChI=1S/C21H23NO/c22-16-17-23-21(18-10-4-1-5-11-18,19-12-6-2-7-13-19)20-14-8-3-9-15-20/h1-14,20H,15-17,22H2. The van der Waals surface area contributed by atoms with Gasteiger partial charge >= 0.3 is 0 Å². The summed E-state index contributed by atoms with van der Waals surface area (Å²) in [4.78, 5) is 0. The first kappa shape index (κ1) is 15.7. The van der Waals surface area contributed by atoms with E-state index in [2.05, 4.69) is 72.8 Å². The molecular weight excluding hydrogens is 282 g/mol. The molecule has 2 aromatic carbocycles. The van der Waals surface area contributed by atoms with Crippen LogP contribution in [0.1, 0.15) is 17.5 Å². The predicted octanol–water partition coefficient (Wildman–Crippen LogP) is 4.04. The van der Waals surface area contributed by atoms with Crippen LogP contribution in [0.3, 0.4) is 0 Å². The highest BCUT2D eigenvalue weighted by atomic mass is 16.5. The fourth-order valence-corrected chi connectivity index (χ4v) is 3.34. The monoisotopic (exact) mass is 305 g/mol. The molecule has 23 heavy (non-hydrogen) atoms. The molecule has 118 valence electrons. The van der Waals surface area contributed by atoms with E-state index >= 15 is 0 Å². The number of allylic oxidation sites excluding steroid dienone is 3. The lowest BCUT2D eigenvalue weighted by Gasteiger charge is -2.41. The smallest absolute Gasteiger partial charge is 0.125 e. The van der Waals surface area contributed by atoms with Gasteiger partial charge in [0, 0.05) is 12.5 Å². The maximum Gasteiger partial charge on any atom is 0.125 e. The quantitative estimate of drug-likeness (QED) is 0.874. The molecule has 1 atom stereocenters. The van der Waals surface area contributed by atoms with Gasteiger partial charge < -0.3 is 10.5 Å². The van der Waals surface area contributed by atoms with Crippen LogP contribution in [-0.2, 0) is 10.3 Å². The van der Waals surface area contributed by atoms with Gasteiger partial charge in [-0.3, -0.25) is 0 Å². The molecule has 1 aliphatic rings. The van der Waals surface area contributed by atoms with Crippen LogP contribution in [0.25, 0.3) is 0 Å². The number of ether oxygens (including phenoxy) is 1. The van der Waals surface area contributed by atoms with Gasteiger partial charge in [0.05, 0.1) is 6.61 Å². The third kappa shape index (κ3) is 3.14. The Bertz CT molecular complexity index is 621. The molecule has 2 heteroatoms. The molecule has 2 nitrogen and oxygen atoms in total. The average Bonchev–Trinajstić information content (AvgIpc) is 2.65. The Labute approximate surface area is 138 Å². The van der Waals surface area contributed by atoms with Gasteiger partial charge in [-0.15, -0.1) is 0 Å². The van der Waals surface area contributed by atoms with Crippen molar-refractivity contribution >= 4 is 0 Å². The maximum absolute atomic E-state index is 6.48. The van der Waals surface area contributed by atoms with E-state index in [1.165, 1.54) is 11.1 Å². The highest BCUT2D eigenvalue weighted by Gasteiger charge is 2.41. The fourth-order valence-electron chi connectivity index (χ4n) is 3.34. The summed E-state index contributed by atoms with van der Waals surface area (Å²) in [5, 5.41) is 0. The molecule has 0 aliphatic heterocycles. The van der Waals surface area contributed by atoms with Crippen LogP contribution in [0.2, 0.25) is 0 Å². The number of rotatable bonds is 6. The predicted molar refractivity (Wildman–Crippen MR) is 95.1 cm³/mol. The van der Waals surface area contributed by atoms with Crippen molar-refractivity contribution in [1.82, 2.24) is 0 Å². The van der Waals surface area contributed by atoms with Crippen molar-refractivity contribution in [3.8, 4) is 0 Å². The van der Waals surface area contributed by atoms with Crippen molar-refractivity contribution in [2.75, 3.05) is 13.2 Å². The van der Waals surface area contributed by atoms with Crippen LogP contribution < -0.4 is 5.73 Å². The molecular formula is C21H23NO. The zero-order chi connectivity index (χ0) is 16.0. The van der Waals surface area contributed by atoms with Crippen molar-refractivity contribution < 1.29 is 4.74 Å². The van der Waals surface area contributed by atoms with Crippen molar-refractivity contribution in [1.29, 1.82) is 0 Å². The van der Waals surface area contributed by atoms with Crippen molar-refractivity contribution in [3.05, 3.63) is 96.1 Å². The molecule has 0 amide bonds. The summed E-state index contributed by atoms with van der Waals surface area (Å²) in [6, 6.07) is 21.0. The van der Waals surface area contributed by atoms with E-state index in [9.17, 15) is 0 Å². The van der Waals surface area contributed by atoms with Gasteiger partial charge in [-0.05, 0) is 17.5 Å². The van der Waals surface area contributed by atoms with Crippen molar-refractivity contribution in [3.63, 3.8) is 0 Å². The third-order valence-corrected chi connectivity index (χ3v) is 4.36. The first-order chi connectivity index (χ1) is 11.4. The van der Waals surface area contributed by atoms with E-state index in [0.717, 1.165) is 6.42 Å². The third-order valence-electron chi connectivity index (χ3n) is 4.36. The van der Waals surface area contributed by atoms with Gasteiger partial charge in [-0.25, -0.2) is 0 Å². The second-order valence-corrected chi connectivity index (χ2v) is 5.76. The summed E-state index contributed by atoms with van der Waals surface area (Å²) in [7, 11) is 0. The van der Waals surface area contributed by atoms with Crippen LogP contribution in [0.5, 0.6) is 0 Å². The summed E-state index contributed by atoms with van der Waals surface area (Å²) in [6.07, 6.45) is 9.61. The summed E-state index contributed by atoms with van der Waals surface area (Å²) in [5.41, 5.74) is 7.60. The SMILES string of the molecule is NCCOC(c1ccccc1)(c1ccccc1)C1C=CC=CC1. The summed E-state index contributed by atoms with van der Waals surface area (Å²) >= 11 is 0. The van der Waals surface area contributed by atoms with Gasteiger partial charge in [-0.1, -0.05) is 85.0 Å². The van der Waals surface area contributed by atoms with E-state index < -0.39 is 5.60 Å². The minimum atomic E-state index is -0.511. The normalized spacial score (nSPS) is 17.3. The Balaban J connectivity index is 2.16. The Morgan fingerprint density at radius 1 is 0.913 bits per heavy atom. The van der Waals surface area contributed by atoms with Crippen LogP contribution in [0, 0.1) is 5.92 Å². The molecule has 0 bridgehead atoms. The molecule has 1 aliphatic carbocycles. The van der Waals surface area contributed by atoms with E-state index in [1.54, 1.807) is 0 Å². The van der Waals surface area contributed by atoms with E-state index in [0.29, 0.717) is 13.2 Å². The molecule has 0 aromatic heterocycles. The highest BCUT2D eigenvalue weighted by Crippen LogP contribution is 2.43. The Hall–Kier alpha value is -2.16. The first-order valence-electron chi connectivity index (χ1n) is 8.16. The Morgan fingerprint density at radius 2 is 1.52 bits per heavy atom. The molecule has 0 spiro atoms. The second-order valence-electron chi connectivity index (χ2n) is 5.76. The minimum Gasteiger partial charge on any atom is -0.364 e. The first-order valence-corrected chi connectivity index (χ1v) is 8.16. The summed E-state index contributed by atoms with van der Waals surface area (Å²) in [5.74, 6) is 0.240. The molecule has 0 radical (unpaired) electrons. The summed E-state index contributed by atoms with van der Waals surface area (Å²) in [6.45, 7) is 1.03. The average molecular weight is 305 g/mol. The van der Waals surface area contributed by atoms with Gasteiger partial charge in [0.1, 0.15) is 5.60 Å². The Kier molecular flexibility index (Phi) is 5.06. The van der Waals surface area contributed by atoms with Crippen LogP contribution in [-0.4, -0.2) is 13.2 Å². The van der Waals surface area contributed by atoms with Gasteiger partial charge in [-0.2, -0.15) is 0 Å². The van der Waals surface area contributed by atoms with E-state index in [-0.39, 0.29) is 5.92 Å².